The van der Waals surface area contributed by atoms with Crippen LogP contribution in [0.25, 0.3) is 0 Å². The van der Waals surface area contributed by atoms with Gasteiger partial charge in [-0.1, -0.05) is 32.3 Å². The molecule has 31 heavy (non-hydrogen) atoms. The monoisotopic (exact) mass is 429 g/mol. The largest absolute Gasteiger partial charge is 0.355 e. The van der Waals surface area contributed by atoms with Crippen LogP contribution in [0, 0.1) is 5.92 Å². The maximum absolute atomic E-state index is 13.9. The zero-order valence-electron chi connectivity index (χ0n) is 18.8. The summed E-state index contributed by atoms with van der Waals surface area (Å²) in [4.78, 5) is 45.6. The van der Waals surface area contributed by atoms with E-state index in [9.17, 15) is 14.4 Å². The van der Waals surface area contributed by atoms with Crippen LogP contribution in [0.3, 0.4) is 0 Å². The van der Waals surface area contributed by atoms with Crippen LogP contribution in [0.15, 0.2) is 18.3 Å². The Morgan fingerprint density at radius 2 is 1.94 bits per heavy atom. The molecule has 0 unspecified atom stereocenters. The summed E-state index contributed by atoms with van der Waals surface area (Å²) in [6.07, 6.45) is 7.72. The number of pyridine rings is 1. The second-order valence-corrected chi connectivity index (χ2v) is 8.44. The molecule has 0 radical (unpaired) electrons. The Morgan fingerprint density at radius 3 is 2.58 bits per heavy atom. The molecule has 3 rings (SSSR count). The van der Waals surface area contributed by atoms with E-state index in [1.54, 1.807) is 13.2 Å². The van der Waals surface area contributed by atoms with Crippen LogP contribution < -0.4 is 20.9 Å². The highest BCUT2D eigenvalue weighted by Crippen LogP contribution is 2.34. The molecule has 1 saturated carbocycles. The van der Waals surface area contributed by atoms with E-state index in [1.807, 2.05) is 26.0 Å². The molecule has 1 aromatic heterocycles. The summed E-state index contributed by atoms with van der Waals surface area (Å²) in [7, 11) is 1.75. The van der Waals surface area contributed by atoms with Crippen molar-refractivity contribution < 1.29 is 14.4 Å². The van der Waals surface area contributed by atoms with E-state index in [4.69, 9.17) is 0 Å². The lowest BCUT2D eigenvalue weighted by Gasteiger charge is -2.35. The molecular formula is C23H35N5O3. The Kier molecular flexibility index (Phi) is 8.01. The van der Waals surface area contributed by atoms with Crippen LogP contribution in [-0.2, 0) is 20.8 Å². The Labute approximate surface area is 184 Å². The predicted octanol–water partition coefficient (Wildman–Crippen LogP) is 1.54. The molecule has 0 saturated heterocycles. The van der Waals surface area contributed by atoms with E-state index in [0.29, 0.717) is 25.2 Å². The average molecular weight is 430 g/mol. The lowest BCUT2D eigenvalue weighted by atomic mass is 9.83. The number of carbonyl (C=O) groups is 3. The summed E-state index contributed by atoms with van der Waals surface area (Å²) in [6.45, 7) is 4.28. The molecule has 1 aliphatic heterocycles. The normalized spacial score (nSPS) is 20.6. The first-order valence-electron chi connectivity index (χ1n) is 11.5. The van der Waals surface area contributed by atoms with Crippen molar-refractivity contribution >= 4 is 23.5 Å². The maximum atomic E-state index is 13.9. The number of rotatable bonds is 8. The van der Waals surface area contributed by atoms with Crippen molar-refractivity contribution in [3.8, 4) is 0 Å². The van der Waals surface area contributed by atoms with Gasteiger partial charge in [-0.2, -0.15) is 0 Å². The number of hydrogen-bond acceptors (Lipinski definition) is 5. The first kappa shape index (κ1) is 23.2. The molecule has 2 heterocycles. The number of hydrogen-bond donors (Lipinski definition) is 3. The van der Waals surface area contributed by atoms with E-state index in [1.165, 1.54) is 4.90 Å². The lowest BCUT2D eigenvalue weighted by Crippen LogP contribution is -2.59. The standard InChI is InChI=1S/C23H35N5O3/c1-4-17(24-3)21(29)27-19(15-10-7-6-8-11-15)23(31)28-18(22(30)25-5-2)14-16-12-9-13-26-20(16)28/h9,12-13,15,17-19,24H,4-8,10-11,14H2,1-3H3,(H,25,30)(H,27,29)/t17-,18+,19-/m0/s1. The lowest BCUT2D eigenvalue weighted by molar-refractivity contribution is -0.131. The predicted molar refractivity (Wildman–Crippen MR) is 120 cm³/mol. The van der Waals surface area contributed by atoms with Gasteiger partial charge in [-0.3, -0.25) is 19.3 Å². The first-order valence-corrected chi connectivity index (χ1v) is 11.5. The topological polar surface area (TPSA) is 103 Å². The molecule has 0 bridgehead atoms. The number of amides is 3. The fourth-order valence-corrected chi connectivity index (χ4v) is 4.79. The van der Waals surface area contributed by atoms with Gasteiger partial charge < -0.3 is 16.0 Å². The zero-order chi connectivity index (χ0) is 22.4. The van der Waals surface area contributed by atoms with E-state index in [-0.39, 0.29) is 29.7 Å². The van der Waals surface area contributed by atoms with Gasteiger partial charge in [0.1, 0.15) is 17.9 Å². The number of aromatic nitrogens is 1. The quantitative estimate of drug-likeness (QED) is 0.582. The molecule has 1 fully saturated rings. The molecular weight excluding hydrogens is 394 g/mol. The van der Waals surface area contributed by atoms with Crippen LogP contribution in [-0.4, -0.2) is 54.4 Å². The highest BCUT2D eigenvalue weighted by atomic mass is 16.2. The van der Waals surface area contributed by atoms with E-state index >= 15 is 0 Å². The molecule has 170 valence electrons. The van der Waals surface area contributed by atoms with Crippen molar-refractivity contribution in [3.05, 3.63) is 23.9 Å². The second-order valence-electron chi connectivity index (χ2n) is 8.44. The van der Waals surface area contributed by atoms with Crippen molar-refractivity contribution in [2.75, 3.05) is 18.5 Å². The SMILES string of the molecule is CCNC(=O)[C@H]1Cc2cccnc2N1C(=O)[C@@H](NC(=O)[C@H](CC)NC)C1CCCCC1. The minimum absolute atomic E-state index is 0.0576. The maximum Gasteiger partial charge on any atom is 0.251 e. The van der Waals surface area contributed by atoms with Gasteiger partial charge in [0, 0.05) is 19.2 Å². The van der Waals surface area contributed by atoms with Crippen LogP contribution in [0.4, 0.5) is 5.82 Å². The number of likely N-dealkylation sites (N-methyl/N-ethyl adjacent to an activating group) is 2. The number of nitrogens with zero attached hydrogens (tertiary/aromatic N) is 2. The first-order chi connectivity index (χ1) is 15.0. The van der Waals surface area contributed by atoms with Gasteiger partial charge in [-0.05, 0) is 50.8 Å². The smallest absolute Gasteiger partial charge is 0.251 e. The third kappa shape index (κ3) is 5.06. The van der Waals surface area contributed by atoms with Crippen LogP contribution in [0.2, 0.25) is 0 Å². The summed E-state index contributed by atoms with van der Waals surface area (Å²) < 4.78 is 0. The summed E-state index contributed by atoms with van der Waals surface area (Å²) in [5.41, 5.74) is 0.877. The van der Waals surface area contributed by atoms with Crippen molar-refractivity contribution in [1.82, 2.24) is 20.9 Å². The molecule has 2 aliphatic rings. The molecule has 3 N–H and O–H groups in total. The van der Waals surface area contributed by atoms with Crippen molar-refractivity contribution in [2.24, 2.45) is 5.92 Å². The Balaban J connectivity index is 1.93. The van der Waals surface area contributed by atoms with Gasteiger partial charge in [0.05, 0.1) is 6.04 Å². The minimum Gasteiger partial charge on any atom is -0.355 e. The third-order valence-corrected chi connectivity index (χ3v) is 6.47. The van der Waals surface area contributed by atoms with Gasteiger partial charge in [-0.25, -0.2) is 4.98 Å². The van der Waals surface area contributed by atoms with Gasteiger partial charge >= 0.3 is 0 Å². The van der Waals surface area contributed by atoms with Crippen LogP contribution >= 0.6 is 0 Å². The van der Waals surface area contributed by atoms with Crippen LogP contribution in [0.1, 0.15) is 57.9 Å². The highest BCUT2D eigenvalue weighted by Gasteiger charge is 2.44. The zero-order valence-corrected chi connectivity index (χ0v) is 18.8. The molecule has 0 aromatic carbocycles. The van der Waals surface area contributed by atoms with Gasteiger partial charge in [0.15, 0.2) is 0 Å². The summed E-state index contributed by atoms with van der Waals surface area (Å²) in [5, 5.41) is 8.89. The second kappa shape index (κ2) is 10.7. The number of anilines is 1. The number of nitrogens with one attached hydrogen (secondary N) is 3. The Bertz CT molecular complexity index is 789. The Morgan fingerprint density at radius 1 is 1.19 bits per heavy atom. The van der Waals surface area contributed by atoms with E-state index in [2.05, 4.69) is 20.9 Å². The number of fused-ring (bicyclic) bond motifs is 1. The van der Waals surface area contributed by atoms with Gasteiger partial charge in [0.2, 0.25) is 11.8 Å². The molecule has 8 heteroatoms. The van der Waals surface area contributed by atoms with Gasteiger partial charge in [-0.15, -0.1) is 0 Å². The molecule has 1 aliphatic carbocycles. The molecule has 8 nitrogen and oxygen atoms in total. The van der Waals surface area contributed by atoms with Crippen molar-refractivity contribution in [3.63, 3.8) is 0 Å². The van der Waals surface area contributed by atoms with Crippen molar-refractivity contribution in [2.45, 2.75) is 76.9 Å². The summed E-state index contributed by atoms with van der Waals surface area (Å²) in [6, 6.07) is 2.05. The summed E-state index contributed by atoms with van der Waals surface area (Å²) >= 11 is 0. The fourth-order valence-electron chi connectivity index (χ4n) is 4.79. The van der Waals surface area contributed by atoms with Crippen LogP contribution in [0.5, 0.6) is 0 Å². The van der Waals surface area contributed by atoms with Gasteiger partial charge in [0.25, 0.3) is 5.91 Å². The average Bonchev–Trinajstić information content (AvgIpc) is 3.18. The molecule has 3 atom stereocenters. The van der Waals surface area contributed by atoms with Crippen molar-refractivity contribution in [1.29, 1.82) is 0 Å². The Hall–Kier alpha value is -2.48. The molecule has 0 spiro atoms. The minimum atomic E-state index is -0.667. The molecule has 3 amide bonds. The summed E-state index contributed by atoms with van der Waals surface area (Å²) in [5.74, 6) is -0.0188. The van der Waals surface area contributed by atoms with E-state index < -0.39 is 12.1 Å². The van der Waals surface area contributed by atoms with E-state index in [0.717, 1.165) is 37.7 Å². The fraction of sp³-hybridized carbons (Fsp3) is 0.652. The number of carbonyl (C=O) groups excluding carboxylic acids is 3. The molecule has 1 aromatic rings. The third-order valence-electron chi connectivity index (χ3n) is 6.47. The highest BCUT2D eigenvalue weighted by molar-refractivity contribution is 6.06.